The second kappa shape index (κ2) is 6.44. The van der Waals surface area contributed by atoms with Gasteiger partial charge in [-0.1, -0.05) is 5.11 Å². The monoisotopic (exact) mass is 309 g/mol. The molecule has 2 fully saturated rings. The van der Waals surface area contributed by atoms with E-state index >= 15 is 0 Å². The van der Waals surface area contributed by atoms with Crippen molar-refractivity contribution in [1.82, 2.24) is 9.80 Å². The van der Waals surface area contributed by atoms with Crippen molar-refractivity contribution < 1.29 is 14.3 Å². The molecule has 2 saturated heterocycles. The first-order chi connectivity index (χ1) is 10.3. The summed E-state index contributed by atoms with van der Waals surface area (Å²) in [4.78, 5) is 30.0. The predicted octanol–water partition coefficient (Wildman–Crippen LogP) is 2.01. The fourth-order valence-corrected chi connectivity index (χ4v) is 2.78. The van der Waals surface area contributed by atoms with Gasteiger partial charge in [0, 0.05) is 50.0 Å². The van der Waals surface area contributed by atoms with Gasteiger partial charge in [-0.25, -0.2) is 4.79 Å². The summed E-state index contributed by atoms with van der Waals surface area (Å²) < 4.78 is 5.30. The Morgan fingerprint density at radius 1 is 1.36 bits per heavy atom. The van der Waals surface area contributed by atoms with Gasteiger partial charge in [-0.05, 0) is 32.2 Å². The molecular formula is C14H23N5O3. The molecule has 0 aromatic heterocycles. The molecule has 0 spiro atoms. The highest BCUT2D eigenvalue weighted by Gasteiger charge is 2.37. The Morgan fingerprint density at radius 3 is 2.64 bits per heavy atom. The zero-order chi connectivity index (χ0) is 16.3. The Morgan fingerprint density at radius 2 is 2.05 bits per heavy atom. The fourth-order valence-electron chi connectivity index (χ4n) is 2.78. The normalized spacial score (nSPS) is 22.3. The summed E-state index contributed by atoms with van der Waals surface area (Å²) in [5.41, 5.74) is 7.84. The highest BCUT2D eigenvalue weighted by atomic mass is 16.6. The summed E-state index contributed by atoms with van der Waals surface area (Å²) in [6, 6.07) is 0. The van der Waals surface area contributed by atoms with Crippen LogP contribution in [0.25, 0.3) is 10.4 Å². The molecule has 2 heterocycles. The molecule has 22 heavy (non-hydrogen) atoms. The van der Waals surface area contributed by atoms with Crippen molar-refractivity contribution in [3.05, 3.63) is 10.4 Å². The summed E-state index contributed by atoms with van der Waals surface area (Å²) in [6.07, 6.45) is 0.152. The van der Waals surface area contributed by atoms with Crippen LogP contribution >= 0.6 is 0 Å². The number of azide groups is 1. The van der Waals surface area contributed by atoms with E-state index in [1.165, 1.54) is 0 Å². The lowest BCUT2D eigenvalue weighted by Crippen LogP contribution is -2.55. The first-order valence-corrected chi connectivity index (χ1v) is 7.55. The summed E-state index contributed by atoms with van der Waals surface area (Å²) >= 11 is 0. The van der Waals surface area contributed by atoms with Crippen LogP contribution in [0.5, 0.6) is 0 Å². The summed E-state index contributed by atoms with van der Waals surface area (Å²) in [7, 11) is 0. The molecule has 8 nitrogen and oxygen atoms in total. The van der Waals surface area contributed by atoms with Gasteiger partial charge in [0.15, 0.2) is 0 Å². The number of hydrogen-bond acceptors (Lipinski definition) is 4. The van der Waals surface area contributed by atoms with E-state index < -0.39 is 5.60 Å². The SMILES string of the molecule is CC(C)(C)OC(=O)N1CC(CN2CC(CN=[N+]=[N-])CC2=O)C1. The number of rotatable bonds is 4. The van der Waals surface area contributed by atoms with Gasteiger partial charge in [-0.3, -0.25) is 4.79 Å². The Kier molecular flexibility index (Phi) is 4.81. The van der Waals surface area contributed by atoms with Gasteiger partial charge in [0.2, 0.25) is 5.91 Å². The summed E-state index contributed by atoms with van der Waals surface area (Å²) in [5, 5.41) is 3.54. The molecule has 2 rings (SSSR count). The molecule has 0 bridgehead atoms. The number of carbonyl (C=O) groups is 2. The van der Waals surface area contributed by atoms with Gasteiger partial charge in [0.1, 0.15) is 5.60 Å². The number of amides is 2. The minimum absolute atomic E-state index is 0.105. The fraction of sp³-hybridized carbons (Fsp3) is 0.857. The van der Waals surface area contributed by atoms with Gasteiger partial charge in [0.05, 0.1) is 0 Å². The van der Waals surface area contributed by atoms with E-state index in [-0.39, 0.29) is 17.9 Å². The van der Waals surface area contributed by atoms with E-state index in [9.17, 15) is 9.59 Å². The molecule has 8 heteroatoms. The molecule has 1 unspecified atom stereocenters. The molecule has 122 valence electrons. The first-order valence-electron chi connectivity index (χ1n) is 7.55. The zero-order valence-corrected chi connectivity index (χ0v) is 13.4. The van der Waals surface area contributed by atoms with Gasteiger partial charge in [-0.2, -0.15) is 0 Å². The number of likely N-dealkylation sites (tertiary alicyclic amines) is 2. The number of ether oxygens (including phenoxy) is 1. The molecule has 0 aromatic rings. The maximum atomic E-state index is 11.9. The second-order valence-electron chi connectivity index (χ2n) is 7.03. The smallest absolute Gasteiger partial charge is 0.410 e. The molecule has 0 aromatic carbocycles. The van der Waals surface area contributed by atoms with Crippen molar-refractivity contribution in [3.8, 4) is 0 Å². The lowest BCUT2D eigenvalue weighted by atomic mass is 10.0. The first kappa shape index (κ1) is 16.4. The van der Waals surface area contributed by atoms with Crippen molar-refractivity contribution in [3.63, 3.8) is 0 Å². The van der Waals surface area contributed by atoms with Crippen LogP contribution in [0.1, 0.15) is 27.2 Å². The third kappa shape index (κ3) is 4.27. The van der Waals surface area contributed by atoms with E-state index in [0.29, 0.717) is 45.1 Å². The molecule has 0 aliphatic carbocycles. The molecule has 0 radical (unpaired) electrons. The minimum Gasteiger partial charge on any atom is -0.444 e. The van der Waals surface area contributed by atoms with E-state index in [1.807, 2.05) is 25.7 Å². The number of nitrogens with zero attached hydrogens (tertiary/aromatic N) is 5. The van der Waals surface area contributed by atoms with Gasteiger partial charge in [0.25, 0.3) is 0 Å². The highest BCUT2D eigenvalue weighted by Crippen LogP contribution is 2.24. The Balaban J connectivity index is 1.73. The lowest BCUT2D eigenvalue weighted by molar-refractivity contribution is -0.128. The third-order valence-electron chi connectivity index (χ3n) is 3.79. The maximum absolute atomic E-state index is 11.9. The Hall–Kier alpha value is -1.95. The standard InChI is InChI=1S/C14H23N5O3/c1-14(2,3)22-13(21)19-8-11(9-19)7-18-6-10(4-12(18)20)5-16-17-15/h10-11H,4-9H2,1-3H3. The number of carbonyl (C=O) groups excluding carboxylic acids is 2. The van der Waals surface area contributed by atoms with Crippen LogP contribution in [-0.4, -0.2) is 60.1 Å². The van der Waals surface area contributed by atoms with Crippen molar-refractivity contribution in [2.75, 3.05) is 32.7 Å². The van der Waals surface area contributed by atoms with Crippen molar-refractivity contribution in [1.29, 1.82) is 0 Å². The lowest BCUT2D eigenvalue weighted by Gasteiger charge is -2.41. The molecule has 2 aliphatic heterocycles. The van der Waals surface area contributed by atoms with Crippen LogP contribution in [0.3, 0.4) is 0 Å². The maximum Gasteiger partial charge on any atom is 0.410 e. The van der Waals surface area contributed by atoms with Gasteiger partial charge in [-0.15, -0.1) is 0 Å². The van der Waals surface area contributed by atoms with Crippen LogP contribution in [0.2, 0.25) is 0 Å². The second-order valence-corrected chi connectivity index (χ2v) is 7.03. The average molecular weight is 309 g/mol. The van der Waals surface area contributed by atoms with Crippen LogP contribution in [0.4, 0.5) is 4.79 Å². The van der Waals surface area contributed by atoms with E-state index in [1.54, 1.807) is 4.90 Å². The molecule has 2 amide bonds. The van der Waals surface area contributed by atoms with Crippen molar-refractivity contribution in [2.24, 2.45) is 17.0 Å². The third-order valence-corrected chi connectivity index (χ3v) is 3.79. The van der Waals surface area contributed by atoms with Crippen LogP contribution in [0.15, 0.2) is 5.11 Å². The average Bonchev–Trinajstić information content (AvgIpc) is 2.69. The molecule has 0 N–H and O–H groups in total. The highest BCUT2D eigenvalue weighted by molar-refractivity contribution is 5.78. The van der Waals surface area contributed by atoms with E-state index in [4.69, 9.17) is 10.3 Å². The van der Waals surface area contributed by atoms with Gasteiger partial charge < -0.3 is 14.5 Å². The minimum atomic E-state index is -0.485. The van der Waals surface area contributed by atoms with Crippen LogP contribution in [-0.2, 0) is 9.53 Å². The quantitative estimate of drug-likeness (QED) is 0.451. The predicted molar refractivity (Wildman–Crippen MR) is 80.0 cm³/mol. The molecule has 0 saturated carbocycles. The molecule has 2 aliphatic rings. The largest absolute Gasteiger partial charge is 0.444 e. The topological polar surface area (TPSA) is 98.6 Å². The van der Waals surface area contributed by atoms with Crippen LogP contribution in [0, 0.1) is 11.8 Å². The zero-order valence-electron chi connectivity index (χ0n) is 13.4. The van der Waals surface area contributed by atoms with Crippen molar-refractivity contribution in [2.45, 2.75) is 32.8 Å². The van der Waals surface area contributed by atoms with E-state index in [2.05, 4.69) is 10.0 Å². The summed E-state index contributed by atoms with van der Waals surface area (Å²) in [5.74, 6) is 0.522. The summed E-state index contributed by atoms with van der Waals surface area (Å²) in [6.45, 7) is 8.44. The Bertz CT molecular complexity index is 489. The van der Waals surface area contributed by atoms with Crippen LogP contribution < -0.4 is 0 Å². The molecular weight excluding hydrogens is 286 g/mol. The molecule has 1 atom stereocenters. The number of hydrogen-bond donors (Lipinski definition) is 0. The van der Waals surface area contributed by atoms with Gasteiger partial charge >= 0.3 is 6.09 Å². The van der Waals surface area contributed by atoms with Crippen molar-refractivity contribution >= 4 is 12.0 Å². The van der Waals surface area contributed by atoms with E-state index in [0.717, 1.165) is 0 Å². The Labute approximate surface area is 130 Å².